The predicted molar refractivity (Wildman–Crippen MR) is 62.0 cm³/mol. The average Bonchev–Trinajstić information content (AvgIpc) is 2.27. The van der Waals surface area contributed by atoms with Crippen molar-refractivity contribution in [3.05, 3.63) is 18.1 Å². The number of rotatable bonds is 2. The molecule has 1 aromatic heterocycles. The molecule has 1 aromatic rings. The molecule has 2 fully saturated rings. The van der Waals surface area contributed by atoms with E-state index in [-0.39, 0.29) is 11.7 Å². The second kappa shape index (κ2) is 4.23. The van der Waals surface area contributed by atoms with Gasteiger partial charge in [0.1, 0.15) is 6.10 Å². The van der Waals surface area contributed by atoms with Crippen LogP contribution in [0.3, 0.4) is 0 Å². The van der Waals surface area contributed by atoms with Crippen LogP contribution in [0, 0.1) is 6.92 Å². The molecule has 1 spiro atoms. The first kappa shape index (κ1) is 10.9. The van der Waals surface area contributed by atoms with E-state index in [1.807, 2.05) is 6.92 Å². The zero-order valence-electron chi connectivity index (χ0n) is 9.98. The zero-order chi connectivity index (χ0) is 11.7. The summed E-state index contributed by atoms with van der Waals surface area (Å²) in [6, 6.07) is 0. The van der Waals surface area contributed by atoms with Gasteiger partial charge in [-0.3, -0.25) is 4.98 Å². The minimum Gasteiger partial charge on any atom is -0.473 e. The van der Waals surface area contributed by atoms with Crippen molar-refractivity contribution in [3.63, 3.8) is 0 Å². The van der Waals surface area contributed by atoms with Crippen molar-refractivity contribution in [1.82, 2.24) is 15.3 Å². The molecule has 0 aliphatic carbocycles. The van der Waals surface area contributed by atoms with Crippen LogP contribution in [-0.2, 0) is 4.74 Å². The van der Waals surface area contributed by atoms with Gasteiger partial charge in [-0.1, -0.05) is 0 Å². The Morgan fingerprint density at radius 3 is 3.06 bits per heavy atom. The summed E-state index contributed by atoms with van der Waals surface area (Å²) >= 11 is 0. The van der Waals surface area contributed by atoms with Gasteiger partial charge in [0.2, 0.25) is 5.88 Å². The van der Waals surface area contributed by atoms with Gasteiger partial charge in [0.05, 0.1) is 24.1 Å². The molecular formula is C12H17N3O2. The minimum atomic E-state index is 0.0141. The lowest BCUT2D eigenvalue weighted by atomic mass is 9.87. The van der Waals surface area contributed by atoms with Gasteiger partial charge in [0.25, 0.3) is 0 Å². The Kier molecular flexibility index (Phi) is 2.72. The van der Waals surface area contributed by atoms with E-state index >= 15 is 0 Å². The second-order valence-corrected chi connectivity index (χ2v) is 4.87. The third-order valence-corrected chi connectivity index (χ3v) is 3.36. The van der Waals surface area contributed by atoms with Crippen molar-refractivity contribution < 1.29 is 9.47 Å². The van der Waals surface area contributed by atoms with Crippen LogP contribution in [0.5, 0.6) is 5.88 Å². The topological polar surface area (TPSA) is 56.3 Å². The Bertz CT molecular complexity index is 406. The molecule has 5 nitrogen and oxygen atoms in total. The molecule has 0 radical (unpaired) electrons. The monoisotopic (exact) mass is 235 g/mol. The van der Waals surface area contributed by atoms with Crippen LogP contribution >= 0.6 is 0 Å². The fourth-order valence-electron chi connectivity index (χ4n) is 2.40. The zero-order valence-corrected chi connectivity index (χ0v) is 9.98. The van der Waals surface area contributed by atoms with Gasteiger partial charge in [0.15, 0.2) is 0 Å². The van der Waals surface area contributed by atoms with Gasteiger partial charge in [0, 0.05) is 32.1 Å². The van der Waals surface area contributed by atoms with Crippen molar-refractivity contribution in [1.29, 1.82) is 0 Å². The molecule has 1 unspecified atom stereocenters. The Morgan fingerprint density at radius 2 is 2.35 bits per heavy atom. The van der Waals surface area contributed by atoms with Gasteiger partial charge in [-0.2, -0.15) is 0 Å². The lowest BCUT2D eigenvalue weighted by Gasteiger charge is -2.47. The highest BCUT2D eigenvalue weighted by atomic mass is 16.5. The van der Waals surface area contributed by atoms with Crippen molar-refractivity contribution in [3.8, 4) is 5.88 Å². The summed E-state index contributed by atoms with van der Waals surface area (Å²) in [5.74, 6) is 0.624. The molecule has 1 atom stereocenters. The number of aromatic nitrogens is 2. The highest BCUT2D eigenvalue weighted by molar-refractivity contribution is 5.08. The smallest absolute Gasteiger partial charge is 0.232 e. The van der Waals surface area contributed by atoms with Crippen LogP contribution in [0.2, 0.25) is 0 Å². The van der Waals surface area contributed by atoms with Crippen molar-refractivity contribution in [2.45, 2.75) is 31.5 Å². The Morgan fingerprint density at radius 1 is 1.47 bits per heavy atom. The maximum atomic E-state index is 5.89. The summed E-state index contributed by atoms with van der Waals surface area (Å²) in [5.41, 5.74) is 0.898. The highest BCUT2D eigenvalue weighted by Crippen LogP contribution is 2.30. The summed E-state index contributed by atoms with van der Waals surface area (Å²) in [5, 5.41) is 3.26. The number of nitrogens with one attached hydrogen (secondary N) is 1. The molecule has 3 heterocycles. The van der Waals surface area contributed by atoms with Crippen LogP contribution in [-0.4, -0.2) is 41.4 Å². The first-order chi connectivity index (χ1) is 8.26. The first-order valence-corrected chi connectivity index (χ1v) is 6.06. The maximum Gasteiger partial charge on any atom is 0.232 e. The summed E-state index contributed by atoms with van der Waals surface area (Å²) in [6.45, 7) is 4.56. The van der Waals surface area contributed by atoms with Gasteiger partial charge in [-0.15, -0.1) is 0 Å². The fraction of sp³-hybridized carbons (Fsp3) is 0.667. The number of nitrogens with zero attached hydrogens (tertiary/aromatic N) is 2. The quantitative estimate of drug-likeness (QED) is 0.817. The molecule has 0 aromatic carbocycles. The van der Waals surface area contributed by atoms with Crippen LogP contribution in [0.4, 0.5) is 0 Å². The van der Waals surface area contributed by atoms with Crippen molar-refractivity contribution >= 4 is 0 Å². The number of hydrogen-bond acceptors (Lipinski definition) is 5. The Balaban J connectivity index is 1.65. The molecule has 17 heavy (non-hydrogen) atoms. The standard InChI is InChI=1S/C12H17N3O2/c1-9-5-13-6-11(15-9)17-10-2-3-16-12(4-10)7-14-8-12/h5-6,10,14H,2-4,7-8H2,1H3. The molecule has 0 saturated carbocycles. The molecule has 2 aliphatic rings. The van der Waals surface area contributed by atoms with Gasteiger partial charge < -0.3 is 14.8 Å². The molecule has 0 amide bonds. The number of aryl methyl sites for hydroxylation is 1. The maximum absolute atomic E-state index is 5.89. The van der Waals surface area contributed by atoms with E-state index in [0.29, 0.717) is 5.88 Å². The molecule has 2 aliphatic heterocycles. The van der Waals surface area contributed by atoms with E-state index in [2.05, 4.69) is 15.3 Å². The normalized spacial score (nSPS) is 26.5. The van der Waals surface area contributed by atoms with E-state index in [9.17, 15) is 0 Å². The summed E-state index contributed by atoms with van der Waals surface area (Å²) in [6.07, 6.45) is 5.47. The third kappa shape index (κ3) is 2.25. The molecule has 5 heteroatoms. The van der Waals surface area contributed by atoms with Crippen molar-refractivity contribution in [2.24, 2.45) is 0 Å². The van der Waals surface area contributed by atoms with Crippen LogP contribution in [0.1, 0.15) is 18.5 Å². The van der Waals surface area contributed by atoms with E-state index in [4.69, 9.17) is 9.47 Å². The van der Waals surface area contributed by atoms with E-state index in [0.717, 1.165) is 38.2 Å². The van der Waals surface area contributed by atoms with Crippen molar-refractivity contribution in [2.75, 3.05) is 19.7 Å². The van der Waals surface area contributed by atoms with Gasteiger partial charge in [-0.25, -0.2) is 4.98 Å². The molecule has 2 saturated heterocycles. The molecule has 3 rings (SSSR count). The SMILES string of the molecule is Cc1cncc(OC2CCOC3(CNC3)C2)n1. The lowest BCUT2D eigenvalue weighted by molar-refractivity contribution is -0.138. The van der Waals surface area contributed by atoms with E-state index in [1.54, 1.807) is 12.4 Å². The second-order valence-electron chi connectivity index (χ2n) is 4.87. The van der Waals surface area contributed by atoms with Crippen LogP contribution in [0.15, 0.2) is 12.4 Å². The largest absolute Gasteiger partial charge is 0.473 e. The minimum absolute atomic E-state index is 0.0141. The Hall–Kier alpha value is -1.20. The Labute approximate surface area is 101 Å². The summed E-state index contributed by atoms with van der Waals surface area (Å²) < 4.78 is 11.7. The highest BCUT2D eigenvalue weighted by Gasteiger charge is 2.43. The van der Waals surface area contributed by atoms with Crippen LogP contribution in [0.25, 0.3) is 0 Å². The van der Waals surface area contributed by atoms with Gasteiger partial charge in [-0.05, 0) is 6.92 Å². The van der Waals surface area contributed by atoms with E-state index in [1.165, 1.54) is 0 Å². The molecule has 92 valence electrons. The average molecular weight is 235 g/mol. The van der Waals surface area contributed by atoms with Gasteiger partial charge >= 0.3 is 0 Å². The summed E-state index contributed by atoms with van der Waals surface area (Å²) in [4.78, 5) is 8.41. The first-order valence-electron chi connectivity index (χ1n) is 6.06. The van der Waals surface area contributed by atoms with Crippen LogP contribution < -0.4 is 10.1 Å². The fourth-order valence-corrected chi connectivity index (χ4v) is 2.40. The molecular weight excluding hydrogens is 218 g/mol. The third-order valence-electron chi connectivity index (χ3n) is 3.36. The number of ether oxygens (including phenoxy) is 2. The van der Waals surface area contributed by atoms with E-state index < -0.39 is 0 Å². The number of hydrogen-bond donors (Lipinski definition) is 1. The summed E-state index contributed by atoms with van der Waals surface area (Å²) in [7, 11) is 0. The lowest BCUT2D eigenvalue weighted by Crippen LogP contribution is -2.64. The molecule has 1 N–H and O–H groups in total. The predicted octanol–water partition coefficient (Wildman–Crippen LogP) is 0.685. The molecule has 0 bridgehead atoms.